The second kappa shape index (κ2) is 8.36. The fraction of sp³-hybridized carbons (Fsp3) is 0.417. The topological polar surface area (TPSA) is 50.2 Å². The van der Waals surface area contributed by atoms with E-state index in [2.05, 4.69) is 40.7 Å². The van der Waals surface area contributed by atoms with Crippen LogP contribution in [0.2, 0.25) is 0 Å². The Labute approximate surface area is 181 Å². The molecular formula is C24H28N4OS. The smallest absolute Gasteiger partial charge is 0.226 e. The molecule has 6 heteroatoms. The first-order valence-electron chi connectivity index (χ1n) is 10.9. The maximum atomic E-state index is 12.4. The Kier molecular flexibility index (Phi) is 5.44. The molecule has 3 aromatic rings. The van der Waals surface area contributed by atoms with Crippen molar-refractivity contribution in [1.82, 2.24) is 14.7 Å². The third kappa shape index (κ3) is 3.94. The van der Waals surface area contributed by atoms with Crippen LogP contribution in [0, 0.1) is 6.92 Å². The number of likely N-dealkylation sites (tertiary alicyclic amines) is 1. The van der Waals surface area contributed by atoms with Crippen molar-refractivity contribution in [3.63, 3.8) is 0 Å². The summed E-state index contributed by atoms with van der Waals surface area (Å²) in [5.41, 5.74) is 4.91. The minimum atomic E-state index is 0.0582. The van der Waals surface area contributed by atoms with Crippen molar-refractivity contribution in [3.8, 4) is 0 Å². The average Bonchev–Trinajstić information content (AvgIpc) is 3.34. The highest BCUT2D eigenvalue weighted by molar-refractivity contribution is 7.10. The number of benzene rings is 1. The maximum Gasteiger partial charge on any atom is 0.226 e. The maximum absolute atomic E-state index is 12.4. The van der Waals surface area contributed by atoms with Gasteiger partial charge < -0.3 is 5.32 Å². The zero-order chi connectivity index (χ0) is 20.5. The number of piperidine rings is 1. The predicted octanol–water partition coefficient (Wildman–Crippen LogP) is 4.76. The number of rotatable bonds is 5. The number of thiophene rings is 1. The lowest BCUT2D eigenvalue weighted by molar-refractivity contribution is -0.116. The summed E-state index contributed by atoms with van der Waals surface area (Å²) >= 11 is 1.79. The third-order valence-electron chi connectivity index (χ3n) is 6.30. The van der Waals surface area contributed by atoms with Crippen molar-refractivity contribution >= 4 is 23.1 Å². The summed E-state index contributed by atoms with van der Waals surface area (Å²) < 4.78 is 2.03. The largest absolute Gasteiger partial charge is 0.309 e. The molecule has 0 spiro atoms. The van der Waals surface area contributed by atoms with Crippen LogP contribution in [0.4, 0.5) is 5.82 Å². The van der Waals surface area contributed by atoms with E-state index in [1.807, 2.05) is 22.9 Å². The quantitative estimate of drug-likeness (QED) is 0.647. The van der Waals surface area contributed by atoms with Crippen LogP contribution in [0.5, 0.6) is 0 Å². The van der Waals surface area contributed by atoms with Gasteiger partial charge in [-0.25, -0.2) is 0 Å². The van der Waals surface area contributed by atoms with Gasteiger partial charge in [0.1, 0.15) is 0 Å². The SMILES string of the molecule is Cc1c2c(nn1Cc1ccccc1)NC(=O)CC2c1cc(CN2CCCCC2)cs1. The monoisotopic (exact) mass is 420 g/mol. The fourth-order valence-electron chi connectivity index (χ4n) is 4.73. The molecule has 2 aliphatic heterocycles. The molecule has 1 fully saturated rings. The highest BCUT2D eigenvalue weighted by atomic mass is 32.1. The molecule has 5 nitrogen and oxygen atoms in total. The van der Waals surface area contributed by atoms with Gasteiger partial charge in [0.15, 0.2) is 5.82 Å². The first-order valence-corrected chi connectivity index (χ1v) is 11.8. The summed E-state index contributed by atoms with van der Waals surface area (Å²) in [4.78, 5) is 16.3. The highest BCUT2D eigenvalue weighted by Gasteiger charge is 2.32. The Bertz CT molecular complexity index is 1030. The predicted molar refractivity (Wildman–Crippen MR) is 121 cm³/mol. The lowest BCUT2D eigenvalue weighted by Crippen LogP contribution is -2.28. The zero-order valence-corrected chi connectivity index (χ0v) is 18.3. The average molecular weight is 421 g/mol. The van der Waals surface area contributed by atoms with Crippen molar-refractivity contribution in [2.75, 3.05) is 18.4 Å². The summed E-state index contributed by atoms with van der Waals surface area (Å²) in [7, 11) is 0. The molecule has 0 aliphatic carbocycles. The number of hydrogen-bond acceptors (Lipinski definition) is 4. The Morgan fingerprint density at radius 2 is 1.90 bits per heavy atom. The molecule has 1 atom stereocenters. The van der Waals surface area contributed by atoms with Gasteiger partial charge in [-0.2, -0.15) is 5.10 Å². The lowest BCUT2D eigenvalue weighted by atomic mass is 9.90. The van der Waals surface area contributed by atoms with E-state index < -0.39 is 0 Å². The third-order valence-corrected chi connectivity index (χ3v) is 7.39. The van der Waals surface area contributed by atoms with Crippen molar-refractivity contribution in [1.29, 1.82) is 0 Å². The summed E-state index contributed by atoms with van der Waals surface area (Å²) in [6.07, 6.45) is 4.47. The number of hydrogen-bond donors (Lipinski definition) is 1. The molecule has 5 rings (SSSR count). The van der Waals surface area contributed by atoms with Crippen LogP contribution in [0.25, 0.3) is 0 Å². The first kappa shape index (κ1) is 19.5. The van der Waals surface area contributed by atoms with Crippen LogP contribution < -0.4 is 5.32 Å². The number of carbonyl (C=O) groups is 1. The van der Waals surface area contributed by atoms with Crippen LogP contribution >= 0.6 is 11.3 Å². The number of fused-ring (bicyclic) bond motifs is 1. The molecule has 0 saturated carbocycles. The summed E-state index contributed by atoms with van der Waals surface area (Å²) in [6.45, 7) is 6.27. The van der Waals surface area contributed by atoms with Crippen LogP contribution in [-0.4, -0.2) is 33.7 Å². The van der Waals surface area contributed by atoms with Crippen LogP contribution in [0.3, 0.4) is 0 Å². The Hall–Kier alpha value is -2.44. The molecule has 4 heterocycles. The van der Waals surface area contributed by atoms with E-state index in [0.29, 0.717) is 13.0 Å². The molecule has 0 bridgehead atoms. The fourth-order valence-corrected chi connectivity index (χ4v) is 5.74. The van der Waals surface area contributed by atoms with Crippen molar-refractivity contribution < 1.29 is 4.79 Å². The molecule has 1 unspecified atom stereocenters. The molecule has 1 saturated heterocycles. The lowest BCUT2D eigenvalue weighted by Gasteiger charge is -2.26. The van der Waals surface area contributed by atoms with Gasteiger partial charge in [-0.1, -0.05) is 36.8 Å². The number of amides is 1. The van der Waals surface area contributed by atoms with E-state index in [4.69, 9.17) is 5.10 Å². The summed E-state index contributed by atoms with van der Waals surface area (Å²) in [5.74, 6) is 0.886. The van der Waals surface area contributed by atoms with Crippen molar-refractivity contribution in [2.24, 2.45) is 0 Å². The summed E-state index contributed by atoms with van der Waals surface area (Å²) in [5, 5.41) is 10.0. The van der Waals surface area contributed by atoms with Crippen molar-refractivity contribution in [2.45, 2.75) is 51.6 Å². The van der Waals surface area contributed by atoms with E-state index in [0.717, 1.165) is 18.1 Å². The molecule has 0 radical (unpaired) electrons. The number of anilines is 1. The second-order valence-electron chi connectivity index (χ2n) is 8.49. The Morgan fingerprint density at radius 3 is 2.70 bits per heavy atom. The van der Waals surface area contributed by atoms with Crippen LogP contribution in [0.15, 0.2) is 41.8 Å². The van der Waals surface area contributed by atoms with Crippen LogP contribution in [0.1, 0.15) is 58.9 Å². The standard InChI is InChI=1S/C24H28N4OS/c1-17-23-20(21-12-19(16-30-21)14-27-10-6-3-7-11-27)13-22(29)25-24(23)26-28(17)15-18-8-4-2-5-9-18/h2,4-5,8-9,12,16,20H,3,6-7,10-11,13-15H2,1H3,(H,25,26,29). The van der Waals surface area contributed by atoms with Crippen LogP contribution in [-0.2, 0) is 17.9 Å². The number of nitrogens with one attached hydrogen (secondary N) is 1. The molecule has 156 valence electrons. The van der Waals surface area contributed by atoms with Crippen molar-refractivity contribution in [3.05, 3.63) is 69.0 Å². The van der Waals surface area contributed by atoms with Gasteiger partial charge in [0.2, 0.25) is 5.91 Å². The summed E-state index contributed by atoms with van der Waals surface area (Å²) in [6, 6.07) is 12.7. The zero-order valence-electron chi connectivity index (χ0n) is 17.4. The van der Waals surface area contributed by atoms with Gasteiger partial charge in [-0.05, 0) is 55.4 Å². The molecule has 1 aromatic carbocycles. The number of aromatic nitrogens is 2. The van der Waals surface area contributed by atoms with Gasteiger partial charge in [0, 0.05) is 35.0 Å². The minimum Gasteiger partial charge on any atom is -0.309 e. The van der Waals surface area contributed by atoms with E-state index in [1.165, 1.54) is 53.9 Å². The van der Waals surface area contributed by atoms with Gasteiger partial charge in [-0.15, -0.1) is 11.3 Å². The van der Waals surface area contributed by atoms with E-state index in [-0.39, 0.29) is 11.8 Å². The van der Waals surface area contributed by atoms with Gasteiger partial charge >= 0.3 is 0 Å². The normalized spacial score (nSPS) is 19.5. The molecular weight excluding hydrogens is 392 g/mol. The van der Waals surface area contributed by atoms with E-state index in [1.54, 1.807) is 11.3 Å². The van der Waals surface area contributed by atoms with Gasteiger partial charge in [0.25, 0.3) is 0 Å². The second-order valence-corrected chi connectivity index (χ2v) is 9.43. The Morgan fingerprint density at radius 1 is 1.10 bits per heavy atom. The number of carbonyl (C=O) groups excluding carboxylic acids is 1. The molecule has 2 aromatic heterocycles. The van der Waals surface area contributed by atoms with E-state index >= 15 is 0 Å². The highest BCUT2D eigenvalue weighted by Crippen LogP contribution is 2.41. The minimum absolute atomic E-state index is 0.0582. The van der Waals surface area contributed by atoms with E-state index in [9.17, 15) is 4.79 Å². The molecule has 1 amide bonds. The van der Waals surface area contributed by atoms with Gasteiger partial charge in [0.05, 0.1) is 6.54 Å². The number of nitrogens with zero attached hydrogens (tertiary/aromatic N) is 3. The molecule has 2 aliphatic rings. The Balaban J connectivity index is 1.41. The first-order chi connectivity index (χ1) is 14.7. The molecule has 1 N–H and O–H groups in total. The van der Waals surface area contributed by atoms with Gasteiger partial charge in [-0.3, -0.25) is 14.4 Å². The molecule has 30 heavy (non-hydrogen) atoms.